The van der Waals surface area contributed by atoms with Gasteiger partial charge in [0, 0.05) is 12.1 Å². The molecule has 3 atom stereocenters. The lowest BCUT2D eigenvalue weighted by atomic mass is 9.98. The normalized spacial score (nSPS) is 31.2. The Morgan fingerprint density at radius 2 is 2.06 bits per heavy atom. The maximum atomic E-state index is 10.2. The molecule has 0 spiro atoms. The lowest BCUT2D eigenvalue weighted by Gasteiger charge is -2.41. The Morgan fingerprint density at radius 3 is 2.67 bits per heavy atom. The number of piperidine rings is 1. The number of ether oxygens (including phenoxy) is 1. The van der Waals surface area contributed by atoms with Crippen molar-refractivity contribution in [2.24, 2.45) is 0 Å². The molecule has 1 N–H and O–H groups in total. The predicted octanol–water partition coefficient (Wildman–Crippen LogP) is 2.82. The summed E-state index contributed by atoms with van der Waals surface area (Å²) in [5, 5.41) is 10.2. The molecule has 0 aromatic carbocycles. The zero-order chi connectivity index (χ0) is 13.0. The largest absolute Gasteiger partial charge is 0.356 e. The van der Waals surface area contributed by atoms with Gasteiger partial charge in [-0.1, -0.05) is 24.6 Å². The molecule has 0 aromatic heterocycles. The standard InChI is InChI=1S/C15H25NO2/c1-12-7-6-8-13(2)16(12)15(17)18-11-14-9-4-3-5-10-14/h4,9-10,12-13,15,17H,3,5-8,11H2,1-2H3. The Labute approximate surface area is 110 Å². The molecule has 102 valence electrons. The van der Waals surface area contributed by atoms with Crippen LogP contribution < -0.4 is 0 Å². The lowest BCUT2D eigenvalue weighted by Crippen LogP contribution is -2.51. The van der Waals surface area contributed by atoms with Gasteiger partial charge in [0.15, 0.2) is 0 Å². The van der Waals surface area contributed by atoms with Gasteiger partial charge in [-0.25, -0.2) is 4.90 Å². The lowest BCUT2D eigenvalue weighted by molar-refractivity contribution is -0.217. The maximum absolute atomic E-state index is 10.2. The van der Waals surface area contributed by atoms with E-state index in [9.17, 15) is 5.11 Å². The van der Waals surface area contributed by atoms with Gasteiger partial charge in [-0.2, -0.15) is 0 Å². The molecule has 2 rings (SSSR count). The molecule has 0 radical (unpaired) electrons. The van der Waals surface area contributed by atoms with E-state index in [1.54, 1.807) is 0 Å². The zero-order valence-corrected chi connectivity index (χ0v) is 11.5. The van der Waals surface area contributed by atoms with E-state index in [2.05, 4.69) is 37.0 Å². The molecule has 18 heavy (non-hydrogen) atoms. The van der Waals surface area contributed by atoms with Crippen LogP contribution in [0.1, 0.15) is 46.0 Å². The minimum Gasteiger partial charge on any atom is -0.356 e. The summed E-state index contributed by atoms with van der Waals surface area (Å²) < 4.78 is 5.62. The minimum atomic E-state index is -0.772. The second kappa shape index (κ2) is 6.50. The first-order valence-corrected chi connectivity index (χ1v) is 7.11. The van der Waals surface area contributed by atoms with Crippen LogP contribution in [0.3, 0.4) is 0 Å². The Morgan fingerprint density at radius 1 is 1.33 bits per heavy atom. The van der Waals surface area contributed by atoms with Gasteiger partial charge >= 0.3 is 0 Å². The fraction of sp³-hybridized carbons (Fsp3) is 0.733. The smallest absolute Gasteiger partial charge is 0.216 e. The van der Waals surface area contributed by atoms with Gasteiger partial charge in [-0.3, -0.25) is 0 Å². The van der Waals surface area contributed by atoms with Crippen LogP contribution in [0, 0.1) is 0 Å². The van der Waals surface area contributed by atoms with E-state index < -0.39 is 6.41 Å². The molecule has 0 saturated carbocycles. The average molecular weight is 251 g/mol. The molecule has 3 unspecified atom stereocenters. The van der Waals surface area contributed by atoms with Gasteiger partial charge in [0.05, 0.1) is 6.61 Å². The van der Waals surface area contributed by atoms with Gasteiger partial charge in [0.25, 0.3) is 0 Å². The highest BCUT2D eigenvalue weighted by Gasteiger charge is 2.30. The summed E-state index contributed by atoms with van der Waals surface area (Å²) in [6.07, 6.45) is 11.4. The fourth-order valence-corrected chi connectivity index (χ4v) is 2.91. The number of likely N-dealkylation sites (tertiary alicyclic amines) is 1. The molecule has 1 aliphatic carbocycles. The van der Waals surface area contributed by atoms with Gasteiger partial charge in [0.2, 0.25) is 6.41 Å². The number of aliphatic hydroxyl groups is 1. The number of rotatable bonds is 4. The van der Waals surface area contributed by atoms with Crippen LogP contribution in [-0.2, 0) is 4.74 Å². The summed E-state index contributed by atoms with van der Waals surface area (Å²) in [5.74, 6) is 0. The van der Waals surface area contributed by atoms with Crippen LogP contribution in [0.5, 0.6) is 0 Å². The average Bonchev–Trinajstić information content (AvgIpc) is 2.37. The molecule has 1 saturated heterocycles. The van der Waals surface area contributed by atoms with E-state index in [0.717, 1.165) is 25.7 Å². The summed E-state index contributed by atoms with van der Waals surface area (Å²) in [5.41, 5.74) is 1.18. The van der Waals surface area contributed by atoms with Gasteiger partial charge < -0.3 is 9.84 Å². The Kier molecular flexibility index (Phi) is 4.98. The van der Waals surface area contributed by atoms with Crippen molar-refractivity contribution >= 4 is 0 Å². The summed E-state index contributed by atoms with van der Waals surface area (Å²) in [6.45, 7) is 4.84. The van der Waals surface area contributed by atoms with Crippen LogP contribution >= 0.6 is 0 Å². The summed E-state index contributed by atoms with van der Waals surface area (Å²) >= 11 is 0. The van der Waals surface area contributed by atoms with Crippen molar-refractivity contribution in [2.45, 2.75) is 64.4 Å². The van der Waals surface area contributed by atoms with Crippen LogP contribution in [0.15, 0.2) is 23.8 Å². The second-order valence-electron chi connectivity index (χ2n) is 5.47. The Hall–Kier alpha value is -0.640. The van der Waals surface area contributed by atoms with Crippen LogP contribution in [-0.4, -0.2) is 35.1 Å². The summed E-state index contributed by atoms with van der Waals surface area (Å²) in [7, 11) is 0. The molecule has 1 aliphatic heterocycles. The van der Waals surface area contributed by atoms with E-state index in [4.69, 9.17) is 4.74 Å². The third kappa shape index (κ3) is 3.44. The van der Waals surface area contributed by atoms with E-state index in [-0.39, 0.29) is 0 Å². The van der Waals surface area contributed by atoms with Crippen LogP contribution in [0.2, 0.25) is 0 Å². The number of hydrogen-bond acceptors (Lipinski definition) is 3. The topological polar surface area (TPSA) is 32.7 Å². The molecule has 0 bridgehead atoms. The minimum absolute atomic E-state index is 0.402. The highest BCUT2D eigenvalue weighted by Crippen LogP contribution is 2.24. The van der Waals surface area contributed by atoms with Crippen molar-refractivity contribution in [1.29, 1.82) is 0 Å². The van der Waals surface area contributed by atoms with E-state index >= 15 is 0 Å². The van der Waals surface area contributed by atoms with E-state index in [0.29, 0.717) is 18.7 Å². The molecule has 0 amide bonds. The second-order valence-corrected chi connectivity index (χ2v) is 5.47. The first-order chi connectivity index (χ1) is 8.68. The zero-order valence-electron chi connectivity index (χ0n) is 11.5. The molecular formula is C15H25NO2. The van der Waals surface area contributed by atoms with Gasteiger partial charge in [-0.05, 0) is 45.1 Å². The van der Waals surface area contributed by atoms with Crippen molar-refractivity contribution < 1.29 is 9.84 Å². The molecular weight excluding hydrogens is 226 g/mol. The van der Waals surface area contributed by atoms with E-state index in [1.807, 2.05) is 0 Å². The van der Waals surface area contributed by atoms with Crippen molar-refractivity contribution in [3.05, 3.63) is 23.8 Å². The quantitative estimate of drug-likeness (QED) is 0.780. The third-order valence-electron chi connectivity index (χ3n) is 3.99. The monoisotopic (exact) mass is 251 g/mol. The van der Waals surface area contributed by atoms with E-state index in [1.165, 1.54) is 12.0 Å². The van der Waals surface area contributed by atoms with Crippen molar-refractivity contribution in [3.63, 3.8) is 0 Å². The molecule has 0 aromatic rings. The van der Waals surface area contributed by atoms with Crippen molar-refractivity contribution in [3.8, 4) is 0 Å². The fourth-order valence-electron chi connectivity index (χ4n) is 2.91. The van der Waals surface area contributed by atoms with Crippen LogP contribution in [0.25, 0.3) is 0 Å². The number of nitrogens with zero attached hydrogens (tertiary/aromatic N) is 1. The first kappa shape index (κ1) is 13.8. The molecule has 1 fully saturated rings. The van der Waals surface area contributed by atoms with Crippen molar-refractivity contribution in [1.82, 2.24) is 4.90 Å². The maximum Gasteiger partial charge on any atom is 0.216 e. The highest BCUT2D eigenvalue weighted by molar-refractivity contribution is 5.22. The number of hydrogen-bond donors (Lipinski definition) is 1. The molecule has 2 aliphatic rings. The number of aliphatic hydroxyl groups excluding tert-OH is 1. The highest BCUT2D eigenvalue weighted by atomic mass is 16.6. The van der Waals surface area contributed by atoms with Gasteiger partial charge in [-0.15, -0.1) is 0 Å². The predicted molar refractivity (Wildman–Crippen MR) is 73.0 cm³/mol. The summed E-state index contributed by atoms with van der Waals surface area (Å²) in [4.78, 5) is 2.09. The summed E-state index contributed by atoms with van der Waals surface area (Å²) in [6, 6.07) is 0.805. The molecule has 3 nitrogen and oxygen atoms in total. The number of allylic oxidation sites excluding steroid dienone is 2. The Balaban J connectivity index is 1.84. The molecule has 1 heterocycles. The Bertz CT molecular complexity index is 314. The SMILES string of the molecule is CC1CCCC(C)N1C(O)OCC1=CCCC=C1. The first-order valence-electron chi connectivity index (χ1n) is 7.11. The third-order valence-corrected chi connectivity index (χ3v) is 3.99. The molecule has 3 heteroatoms. The van der Waals surface area contributed by atoms with Crippen molar-refractivity contribution in [2.75, 3.05) is 6.61 Å². The van der Waals surface area contributed by atoms with Gasteiger partial charge in [0.1, 0.15) is 0 Å². The van der Waals surface area contributed by atoms with Crippen LogP contribution in [0.4, 0.5) is 0 Å².